The van der Waals surface area contributed by atoms with Gasteiger partial charge in [-0.2, -0.15) is 0 Å². The average molecular weight is 195 g/mol. The first-order chi connectivity index (χ1) is 6.72. The lowest BCUT2D eigenvalue weighted by Gasteiger charge is -2.01. The Balaban J connectivity index is 2.03. The van der Waals surface area contributed by atoms with E-state index < -0.39 is 0 Å². The third kappa shape index (κ3) is 1.63. The van der Waals surface area contributed by atoms with Crippen molar-refractivity contribution in [3.8, 4) is 0 Å². The Morgan fingerprint density at radius 1 is 1.86 bits per heavy atom. The van der Waals surface area contributed by atoms with Crippen molar-refractivity contribution in [2.24, 2.45) is 11.7 Å². The second kappa shape index (κ2) is 3.42. The third-order valence-corrected chi connectivity index (χ3v) is 2.51. The zero-order valence-corrected chi connectivity index (χ0v) is 7.99. The Morgan fingerprint density at radius 2 is 2.57 bits per heavy atom. The number of rotatable bonds is 3. The minimum Gasteiger partial charge on any atom is -0.364 e. The second-order valence-corrected chi connectivity index (χ2v) is 3.67. The summed E-state index contributed by atoms with van der Waals surface area (Å²) in [7, 11) is 0. The molecule has 0 radical (unpaired) electrons. The Morgan fingerprint density at radius 3 is 3.14 bits per heavy atom. The van der Waals surface area contributed by atoms with Crippen LogP contribution in [-0.2, 0) is 6.54 Å². The van der Waals surface area contributed by atoms with Crippen molar-refractivity contribution >= 4 is 5.91 Å². The van der Waals surface area contributed by atoms with Crippen molar-refractivity contribution in [2.75, 3.05) is 0 Å². The molecule has 1 heterocycles. The molecule has 1 fully saturated rings. The smallest absolute Gasteiger partial charge is 0.256 e. The van der Waals surface area contributed by atoms with Crippen molar-refractivity contribution in [3.63, 3.8) is 0 Å². The monoisotopic (exact) mass is 195 g/mol. The molecular formula is C9H13N3O2. The van der Waals surface area contributed by atoms with Crippen LogP contribution in [0.2, 0.25) is 0 Å². The minimum absolute atomic E-state index is 0.138. The molecule has 1 saturated carbocycles. The molecule has 5 nitrogen and oxygen atoms in total. The topological polar surface area (TPSA) is 81.2 Å². The van der Waals surface area contributed by atoms with Crippen LogP contribution in [0.5, 0.6) is 0 Å². The summed E-state index contributed by atoms with van der Waals surface area (Å²) in [5.74, 6) is 0.446. The fourth-order valence-corrected chi connectivity index (χ4v) is 1.36. The Hall–Kier alpha value is -1.36. The van der Waals surface area contributed by atoms with Gasteiger partial charge in [0.15, 0.2) is 0 Å². The van der Waals surface area contributed by atoms with Gasteiger partial charge >= 0.3 is 0 Å². The van der Waals surface area contributed by atoms with Crippen LogP contribution < -0.4 is 11.1 Å². The molecule has 0 saturated heterocycles. The van der Waals surface area contributed by atoms with E-state index in [2.05, 4.69) is 17.4 Å². The van der Waals surface area contributed by atoms with Crippen LogP contribution in [0.25, 0.3) is 0 Å². The van der Waals surface area contributed by atoms with E-state index in [1.54, 1.807) is 0 Å². The van der Waals surface area contributed by atoms with Crippen LogP contribution in [-0.4, -0.2) is 17.1 Å². The quantitative estimate of drug-likeness (QED) is 0.725. The summed E-state index contributed by atoms with van der Waals surface area (Å²) in [6.07, 6.45) is 2.39. The molecule has 1 amide bonds. The van der Waals surface area contributed by atoms with E-state index in [4.69, 9.17) is 10.3 Å². The summed E-state index contributed by atoms with van der Waals surface area (Å²) < 4.78 is 4.70. The van der Waals surface area contributed by atoms with Crippen molar-refractivity contribution in [1.29, 1.82) is 0 Å². The fraction of sp³-hybridized carbons (Fsp3) is 0.556. The lowest BCUT2D eigenvalue weighted by Crippen LogP contribution is -2.27. The maximum Gasteiger partial charge on any atom is 0.256 e. The maximum atomic E-state index is 11.6. The third-order valence-electron chi connectivity index (χ3n) is 2.51. The van der Waals surface area contributed by atoms with Gasteiger partial charge in [0.05, 0.1) is 0 Å². The highest BCUT2D eigenvalue weighted by molar-refractivity contribution is 5.95. The summed E-state index contributed by atoms with van der Waals surface area (Å²) in [5.41, 5.74) is 6.36. The van der Waals surface area contributed by atoms with Crippen LogP contribution in [0.1, 0.15) is 29.4 Å². The number of carbonyl (C=O) groups is 1. The van der Waals surface area contributed by atoms with E-state index in [9.17, 15) is 4.79 Å². The van der Waals surface area contributed by atoms with E-state index in [-0.39, 0.29) is 12.5 Å². The SMILES string of the molecule is CC1CC1NC(=O)c1conc1CN. The summed E-state index contributed by atoms with van der Waals surface area (Å²) in [6.45, 7) is 2.32. The highest BCUT2D eigenvalue weighted by Crippen LogP contribution is 2.29. The standard InChI is InChI=1S/C9H13N3O2/c1-5-2-7(5)11-9(13)6-4-14-12-8(6)3-10/h4-5,7H,2-3,10H2,1H3,(H,11,13). The summed E-state index contributed by atoms with van der Waals surface area (Å²) in [5, 5.41) is 6.53. The van der Waals surface area contributed by atoms with Gasteiger partial charge in [-0.25, -0.2) is 0 Å². The Bertz CT molecular complexity index is 348. The Kier molecular flexibility index (Phi) is 2.25. The molecule has 2 unspecified atom stereocenters. The predicted octanol–water partition coefficient (Wildman–Crippen LogP) is 0.271. The number of nitrogens with one attached hydrogen (secondary N) is 1. The van der Waals surface area contributed by atoms with Gasteiger partial charge in [0, 0.05) is 12.6 Å². The van der Waals surface area contributed by atoms with Gasteiger partial charge in [-0.3, -0.25) is 4.79 Å². The maximum absolute atomic E-state index is 11.6. The van der Waals surface area contributed by atoms with Crippen molar-refractivity contribution in [2.45, 2.75) is 25.9 Å². The van der Waals surface area contributed by atoms with Crippen LogP contribution in [0.3, 0.4) is 0 Å². The molecule has 14 heavy (non-hydrogen) atoms. The van der Waals surface area contributed by atoms with Crippen LogP contribution >= 0.6 is 0 Å². The van der Waals surface area contributed by atoms with E-state index in [1.807, 2.05) is 0 Å². The summed E-state index contributed by atoms with van der Waals surface area (Å²) >= 11 is 0. The summed E-state index contributed by atoms with van der Waals surface area (Å²) in [4.78, 5) is 11.6. The molecule has 2 atom stereocenters. The van der Waals surface area contributed by atoms with Gasteiger partial charge in [-0.15, -0.1) is 0 Å². The van der Waals surface area contributed by atoms with Gasteiger partial charge in [-0.1, -0.05) is 12.1 Å². The number of nitrogens with two attached hydrogens (primary N) is 1. The number of hydrogen-bond donors (Lipinski definition) is 2. The van der Waals surface area contributed by atoms with E-state index in [0.29, 0.717) is 23.2 Å². The van der Waals surface area contributed by atoms with Gasteiger partial charge < -0.3 is 15.6 Å². The zero-order chi connectivity index (χ0) is 10.1. The molecule has 1 aliphatic rings. The zero-order valence-electron chi connectivity index (χ0n) is 7.99. The highest BCUT2D eigenvalue weighted by atomic mass is 16.5. The first-order valence-electron chi connectivity index (χ1n) is 4.66. The Labute approximate surface area is 81.6 Å². The van der Waals surface area contributed by atoms with E-state index >= 15 is 0 Å². The van der Waals surface area contributed by atoms with Crippen molar-refractivity contribution in [3.05, 3.63) is 17.5 Å². The lowest BCUT2D eigenvalue weighted by molar-refractivity contribution is 0.0948. The van der Waals surface area contributed by atoms with E-state index in [1.165, 1.54) is 6.26 Å². The molecule has 2 rings (SSSR count). The van der Waals surface area contributed by atoms with Gasteiger partial charge in [0.2, 0.25) is 0 Å². The average Bonchev–Trinajstić information content (AvgIpc) is 2.72. The molecule has 0 aliphatic heterocycles. The molecule has 5 heteroatoms. The van der Waals surface area contributed by atoms with Crippen LogP contribution in [0, 0.1) is 5.92 Å². The van der Waals surface area contributed by atoms with Gasteiger partial charge in [0.1, 0.15) is 17.5 Å². The normalized spacial score (nSPS) is 24.7. The number of carbonyl (C=O) groups excluding carboxylic acids is 1. The van der Waals surface area contributed by atoms with Crippen molar-refractivity contribution in [1.82, 2.24) is 10.5 Å². The molecule has 1 aliphatic carbocycles. The first-order valence-corrected chi connectivity index (χ1v) is 4.66. The highest BCUT2D eigenvalue weighted by Gasteiger charge is 2.34. The number of nitrogens with zero attached hydrogens (tertiary/aromatic N) is 1. The largest absolute Gasteiger partial charge is 0.364 e. The van der Waals surface area contributed by atoms with Crippen molar-refractivity contribution < 1.29 is 9.32 Å². The van der Waals surface area contributed by atoms with Gasteiger partial charge in [-0.05, 0) is 12.3 Å². The molecule has 76 valence electrons. The predicted molar refractivity (Wildman–Crippen MR) is 49.4 cm³/mol. The van der Waals surface area contributed by atoms with E-state index in [0.717, 1.165) is 6.42 Å². The van der Waals surface area contributed by atoms with Crippen LogP contribution in [0.4, 0.5) is 0 Å². The lowest BCUT2D eigenvalue weighted by atomic mass is 10.2. The number of amides is 1. The first kappa shape index (κ1) is 9.21. The molecule has 3 N–H and O–H groups in total. The minimum atomic E-state index is -0.138. The molecule has 1 aromatic rings. The number of aromatic nitrogens is 1. The molecule has 0 bridgehead atoms. The molecule has 0 spiro atoms. The molecule has 0 aromatic carbocycles. The summed E-state index contributed by atoms with van der Waals surface area (Å²) in [6, 6.07) is 0.308. The molecule has 1 aromatic heterocycles. The number of hydrogen-bond acceptors (Lipinski definition) is 4. The second-order valence-electron chi connectivity index (χ2n) is 3.67. The van der Waals surface area contributed by atoms with Crippen LogP contribution in [0.15, 0.2) is 10.8 Å². The van der Waals surface area contributed by atoms with Gasteiger partial charge in [0.25, 0.3) is 5.91 Å². The fourth-order valence-electron chi connectivity index (χ4n) is 1.36. The molecular weight excluding hydrogens is 182 g/mol.